The molecule has 0 unspecified atom stereocenters. The van der Waals surface area contributed by atoms with Crippen LogP contribution < -0.4 is 5.32 Å². The second-order valence-electron chi connectivity index (χ2n) is 5.41. The zero-order valence-electron chi connectivity index (χ0n) is 13.7. The number of thiazole rings is 1. The third-order valence-electron chi connectivity index (χ3n) is 3.37. The van der Waals surface area contributed by atoms with Crippen molar-refractivity contribution in [1.82, 2.24) is 19.7 Å². The van der Waals surface area contributed by atoms with E-state index >= 15 is 0 Å². The number of hydrogen-bond donors (Lipinski definition) is 1. The predicted octanol–water partition coefficient (Wildman–Crippen LogP) is 2.06. The standard InChI is InChI=1S/C15H15N5O3S2/c1-9-14(24-15(18-9)19-10(2)21)11-4-5-13(25(3,22)23)12(6-11)20-8-16-7-17-20/h4-8H,1-3H3,(H,18,19,21). The Morgan fingerprint density at radius 1 is 1.32 bits per heavy atom. The number of aryl methyl sites for hydroxylation is 1. The molecule has 0 aliphatic carbocycles. The van der Waals surface area contributed by atoms with Crippen LogP contribution in [0.25, 0.3) is 16.1 Å². The van der Waals surface area contributed by atoms with Crippen molar-refractivity contribution in [3.05, 3.63) is 36.5 Å². The third-order valence-corrected chi connectivity index (χ3v) is 5.63. The van der Waals surface area contributed by atoms with Gasteiger partial charge in [0.1, 0.15) is 12.7 Å². The predicted molar refractivity (Wildman–Crippen MR) is 94.6 cm³/mol. The van der Waals surface area contributed by atoms with Gasteiger partial charge in [-0.2, -0.15) is 5.10 Å². The molecule has 2 heterocycles. The average molecular weight is 377 g/mol. The number of rotatable bonds is 4. The van der Waals surface area contributed by atoms with E-state index in [1.54, 1.807) is 18.2 Å². The first-order valence-electron chi connectivity index (χ1n) is 7.20. The summed E-state index contributed by atoms with van der Waals surface area (Å²) in [6.45, 7) is 3.25. The molecule has 3 aromatic rings. The van der Waals surface area contributed by atoms with Gasteiger partial charge < -0.3 is 5.32 Å². The number of nitrogens with zero attached hydrogens (tertiary/aromatic N) is 4. The van der Waals surface area contributed by atoms with Crippen LogP contribution in [-0.4, -0.2) is 40.3 Å². The zero-order valence-corrected chi connectivity index (χ0v) is 15.3. The lowest BCUT2D eigenvalue weighted by molar-refractivity contribution is -0.114. The molecule has 1 amide bonds. The van der Waals surface area contributed by atoms with Gasteiger partial charge in [-0.1, -0.05) is 17.4 Å². The van der Waals surface area contributed by atoms with E-state index < -0.39 is 9.84 Å². The topological polar surface area (TPSA) is 107 Å². The van der Waals surface area contributed by atoms with Gasteiger partial charge in [0.05, 0.1) is 21.2 Å². The molecule has 1 N–H and O–H groups in total. The summed E-state index contributed by atoms with van der Waals surface area (Å²) in [5.74, 6) is -0.198. The summed E-state index contributed by atoms with van der Waals surface area (Å²) in [5.41, 5.74) is 1.93. The van der Waals surface area contributed by atoms with Crippen LogP contribution in [0, 0.1) is 6.92 Å². The Kier molecular flexibility index (Phi) is 4.39. The number of benzene rings is 1. The van der Waals surface area contributed by atoms with Crippen LogP contribution in [0.5, 0.6) is 0 Å². The molecule has 0 atom stereocenters. The summed E-state index contributed by atoms with van der Waals surface area (Å²) < 4.78 is 25.5. The number of amides is 1. The highest BCUT2D eigenvalue weighted by atomic mass is 32.2. The number of hydrogen-bond acceptors (Lipinski definition) is 7. The Bertz CT molecular complexity index is 1040. The van der Waals surface area contributed by atoms with Gasteiger partial charge in [-0.15, -0.1) is 0 Å². The summed E-state index contributed by atoms with van der Waals surface area (Å²) >= 11 is 1.32. The molecule has 0 fully saturated rings. The van der Waals surface area contributed by atoms with Crippen molar-refractivity contribution in [2.75, 3.05) is 11.6 Å². The quantitative estimate of drug-likeness (QED) is 0.746. The number of sulfone groups is 1. The zero-order chi connectivity index (χ0) is 18.2. The van der Waals surface area contributed by atoms with E-state index in [0.29, 0.717) is 10.8 Å². The van der Waals surface area contributed by atoms with E-state index in [1.165, 1.54) is 35.6 Å². The van der Waals surface area contributed by atoms with Crippen molar-refractivity contribution >= 4 is 32.2 Å². The number of nitrogens with one attached hydrogen (secondary N) is 1. The van der Waals surface area contributed by atoms with Gasteiger partial charge in [0, 0.05) is 13.2 Å². The first kappa shape index (κ1) is 17.2. The van der Waals surface area contributed by atoms with Crippen LogP contribution in [-0.2, 0) is 14.6 Å². The fourth-order valence-electron chi connectivity index (χ4n) is 2.35. The molecular formula is C15H15N5O3S2. The second-order valence-corrected chi connectivity index (χ2v) is 8.39. The molecule has 8 nitrogen and oxygen atoms in total. The van der Waals surface area contributed by atoms with Gasteiger partial charge in [-0.3, -0.25) is 4.79 Å². The molecule has 0 radical (unpaired) electrons. The van der Waals surface area contributed by atoms with E-state index in [-0.39, 0.29) is 10.8 Å². The first-order chi connectivity index (χ1) is 11.8. The first-order valence-corrected chi connectivity index (χ1v) is 9.91. The van der Waals surface area contributed by atoms with Gasteiger partial charge in [-0.25, -0.2) is 23.1 Å². The maximum absolute atomic E-state index is 12.1. The van der Waals surface area contributed by atoms with Crippen LogP contribution >= 0.6 is 11.3 Å². The monoisotopic (exact) mass is 377 g/mol. The molecule has 0 bridgehead atoms. The van der Waals surface area contributed by atoms with Crippen molar-refractivity contribution in [2.24, 2.45) is 0 Å². The minimum atomic E-state index is -3.44. The summed E-state index contributed by atoms with van der Waals surface area (Å²) in [5, 5.41) is 7.19. The lowest BCUT2D eigenvalue weighted by Crippen LogP contribution is -2.06. The molecule has 0 aliphatic rings. The van der Waals surface area contributed by atoms with Crippen LogP contribution in [0.1, 0.15) is 12.6 Å². The van der Waals surface area contributed by atoms with Gasteiger partial charge in [-0.05, 0) is 24.6 Å². The van der Waals surface area contributed by atoms with Crippen molar-refractivity contribution < 1.29 is 13.2 Å². The fourth-order valence-corrected chi connectivity index (χ4v) is 4.21. The largest absolute Gasteiger partial charge is 0.302 e. The highest BCUT2D eigenvalue weighted by molar-refractivity contribution is 7.90. The van der Waals surface area contributed by atoms with E-state index in [0.717, 1.165) is 22.4 Å². The molecule has 0 saturated carbocycles. The van der Waals surface area contributed by atoms with E-state index in [4.69, 9.17) is 0 Å². The summed E-state index contributed by atoms with van der Waals surface area (Å²) in [7, 11) is -3.44. The summed E-state index contributed by atoms with van der Waals surface area (Å²) in [6.07, 6.45) is 3.93. The van der Waals surface area contributed by atoms with Gasteiger partial charge in [0.15, 0.2) is 15.0 Å². The lowest BCUT2D eigenvalue weighted by Gasteiger charge is -2.10. The molecule has 0 saturated heterocycles. The minimum Gasteiger partial charge on any atom is -0.302 e. The molecule has 0 spiro atoms. The normalized spacial score (nSPS) is 11.5. The highest BCUT2D eigenvalue weighted by Gasteiger charge is 2.18. The van der Waals surface area contributed by atoms with E-state index in [9.17, 15) is 13.2 Å². The summed E-state index contributed by atoms with van der Waals surface area (Å²) in [4.78, 5) is 20.4. The van der Waals surface area contributed by atoms with E-state index in [2.05, 4.69) is 20.4 Å². The van der Waals surface area contributed by atoms with Crippen LogP contribution in [0.2, 0.25) is 0 Å². The Morgan fingerprint density at radius 3 is 2.68 bits per heavy atom. The Morgan fingerprint density at radius 2 is 2.08 bits per heavy atom. The maximum Gasteiger partial charge on any atom is 0.223 e. The molecule has 2 aromatic heterocycles. The van der Waals surface area contributed by atoms with Crippen molar-refractivity contribution in [1.29, 1.82) is 0 Å². The molecule has 1 aromatic carbocycles. The molecular weight excluding hydrogens is 362 g/mol. The second kappa shape index (κ2) is 6.37. The van der Waals surface area contributed by atoms with E-state index in [1.807, 2.05) is 6.92 Å². The molecule has 10 heteroatoms. The van der Waals surface area contributed by atoms with Crippen LogP contribution in [0.3, 0.4) is 0 Å². The van der Waals surface area contributed by atoms with Crippen molar-refractivity contribution in [3.8, 4) is 16.1 Å². The van der Waals surface area contributed by atoms with Crippen LogP contribution in [0.15, 0.2) is 35.7 Å². The molecule has 3 rings (SSSR count). The average Bonchev–Trinajstić information content (AvgIpc) is 3.15. The van der Waals surface area contributed by atoms with Crippen molar-refractivity contribution in [3.63, 3.8) is 0 Å². The Balaban J connectivity index is 2.15. The number of anilines is 1. The smallest absolute Gasteiger partial charge is 0.223 e. The number of carbonyl (C=O) groups is 1. The Hall–Kier alpha value is -2.59. The SMILES string of the molecule is CC(=O)Nc1nc(C)c(-c2ccc(S(C)(=O)=O)c(-n3cncn3)c2)s1. The minimum absolute atomic E-state index is 0.158. The maximum atomic E-state index is 12.1. The lowest BCUT2D eigenvalue weighted by atomic mass is 10.1. The van der Waals surface area contributed by atoms with Crippen LogP contribution in [0.4, 0.5) is 5.13 Å². The molecule has 130 valence electrons. The number of carbonyl (C=O) groups excluding carboxylic acids is 1. The highest BCUT2D eigenvalue weighted by Crippen LogP contribution is 2.35. The van der Waals surface area contributed by atoms with Gasteiger partial charge in [0.25, 0.3) is 0 Å². The summed E-state index contributed by atoms with van der Waals surface area (Å²) in [6, 6.07) is 4.98. The molecule has 25 heavy (non-hydrogen) atoms. The Labute approximate surface area is 148 Å². The fraction of sp³-hybridized carbons (Fsp3) is 0.200. The van der Waals surface area contributed by atoms with Gasteiger partial charge >= 0.3 is 0 Å². The van der Waals surface area contributed by atoms with Crippen molar-refractivity contribution in [2.45, 2.75) is 18.7 Å². The number of aromatic nitrogens is 4. The van der Waals surface area contributed by atoms with Gasteiger partial charge in [0.2, 0.25) is 5.91 Å². The third kappa shape index (κ3) is 3.59. The molecule has 0 aliphatic heterocycles.